The number of amides is 1. The van der Waals surface area contributed by atoms with Crippen molar-refractivity contribution in [1.82, 2.24) is 9.78 Å². The molecule has 0 aliphatic carbocycles. The van der Waals surface area contributed by atoms with Crippen LogP contribution in [0.15, 0.2) is 30.3 Å². The highest BCUT2D eigenvalue weighted by molar-refractivity contribution is 6.29. The van der Waals surface area contributed by atoms with Gasteiger partial charge >= 0.3 is 0 Å². The van der Waals surface area contributed by atoms with Crippen LogP contribution in [0.2, 0.25) is 0 Å². The Morgan fingerprint density at radius 3 is 2.89 bits per heavy atom. The number of benzene rings is 1. The fourth-order valence-corrected chi connectivity index (χ4v) is 1.75. The zero-order valence-electron chi connectivity index (χ0n) is 10.2. The number of halogens is 1. The fourth-order valence-electron chi connectivity index (χ4n) is 1.69. The first-order valence-electron chi connectivity index (χ1n) is 5.57. The highest BCUT2D eigenvalue weighted by Crippen LogP contribution is 2.20. The second kappa shape index (κ2) is 5.55. The summed E-state index contributed by atoms with van der Waals surface area (Å²) in [6, 6.07) is 11.0. The predicted molar refractivity (Wildman–Crippen MR) is 72.4 cm³/mol. The lowest BCUT2D eigenvalue weighted by atomic mass is 10.2. The Labute approximate surface area is 115 Å². The summed E-state index contributed by atoms with van der Waals surface area (Å²) in [6.07, 6.45) is 0. The molecular formula is C13H11ClN4O. The molecule has 1 amide bonds. The van der Waals surface area contributed by atoms with Gasteiger partial charge in [0.25, 0.3) is 0 Å². The molecule has 0 bridgehead atoms. The molecule has 5 nitrogen and oxygen atoms in total. The minimum atomic E-state index is -0.346. The SMILES string of the molecule is Cc1ccccc1-n1nc(C#N)cc1NC(=O)CCl. The highest BCUT2D eigenvalue weighted by Gasteiger charge is 2.13. The Kier molecular flexibility index (Phi) is 3.83. The van der Waals surface area contributed by atoms with Gasteiger partial charge in [0.15, 0.2) is 5.69 Å². The van der Waals surface area contributed by atoms with E-state index in [-0.39, 0.29) is 17.5 Å². The summed E-state index contributed by atoms with van der Waals surface area (Å²) < 4.78 is 1.53. The molecule has 1 N–H and O–H groups in total. The van der Waals surface area contributed by atoms with E-state index >= 15 is 0 Å². The van der Waals surface area contributed by atoms with Crippen LogP contribution in [-0.2, 0) is 4.79 Å². The van der Waals surface area contributed by atoms with E-state index in [0.29, 0.717) is 5.82 Å². The van der Waals surface area contributed by atoms with Crippen LogP contribution in [0, 0.1) is 18.3 Å². The fraction of sp³-hybridized carbons (Fsp3) is 0.154. The van der Waals surface area contributed by atoms with Gasteiger partial charge < -0.3 is 5.32 Å². The zero-order valence-corrected chi connectivity index (χ0v) is 11.0. The van der Waals surface area contributed by atoms with Gasteiger partial charge in [-0.1, -0.05) is 18.2 Å². The Morgan fingerprint density at radius 1 is 1.53 bits per heavy atom. The van der Waals surface area contributed by atoms with E-state index in [0.717, 1.165) is 11.3 Å². The summed E-state index contributed by atoms with van der Waals surface area (Å²) in [4.78, 5) is 11.4. The first kappa shape index (κ1) is 13.1. The number of aromatic nitrogens is 2. The topological polar surface area (TPSA) is 70.7 Å². The van der Waals surface area contributed by atoms with Crippen LogP contribution < -0.4 is 5.32 Å². The van der Waals surface area contributed by atoms with Crippen LogP contribution in [0.3, 0.4) is 0 Å². The van der Waals surface area contributed by atoms with E-state index < -0.39 is 0 Å². The Morgan fingerprint density at radius 2 is 2.26 bits per heavy atom. The number of carbonyl (C=O) groups excluding carboxylic acids is 1. The first-order chi connectivity index (χ1) is 9.15. The first-order valence-corrected chi connectivity index (χ1v) is 6.11. The number of carbonyl (C=O) groups is 1. The third-order valence-corrected chi connectivity index (χ3v) is 2.80. The lowest BCUT2D eigenvalue weighted by molar-refractivity contribution is -0.114. The minimum Gasteiger partial charge on any atom is -0.310 e. The van der Waals surface area contributed by atoms with E-state index in [4.69, 9.17) is 16.9 Å². The van der Waals surface area contributed by atoms with Crippen molar-refractivity contribution in [2.75, 3.05) is 11.2 Å². The Hall–Kier alpha value is -2.32. The van der Waals surface area contributed by atoms with Gasteiger partial charge in [0.05, 0.1) is 5.69 Å². The smallest absolute Gasteiger partial charge is 0.240 e. The summed E-state index contributed by atoms with van der Waals surface area (Å²) in [5.74, 6) is -0.0710. The molecule has 1 heterocycles. The van der Waals surface area contributed by atoms with Crippen molar-refractivity contribution in [2.45, 2.75) is 6.92 Å². The van der Waals surface area contributed by atoms with Crippen molar-refractivity contribution in [3.8, 4) is 11.8 Å². The summed E-state index contributed by atoms with van der Waals surface area (Å²) in [6.45, 7) is 1.93. The summed E-state index contributed by atoms with van der Waals surface area (Å²) in [5.41, 5.74) is 2.01. The molecule has 2 aromatic rings. The molecule has 0 atom stereocenters. The van der Waals surface area contributed by atoms with Gasteiger partial charge in [-0.25, -0.2) is 4.68 Å². The summed E-state index contributed by atoms with van der Waals surface area (Å²) in [5, 5.41) is 15.7. The highest BCUT2D eigenvalue weighted by atomic mass is 35.5. The number of nitrogens with one attached hydrogen (secondary N) is 1. The maximum Gasteiger partial charge on any atom is 0.240 e. The van der Waals surface area contributed by atoms with E-state index in [1.165, 1.54) is 10.7 Å². The van der Waals surface area contributed by atoms with Gasteiger partial charge in [-0.05, 0) is 18.6 Å². The molecule has 1 aromatic carbocycles. The van der Waals surface area contributed by atoms with Crippen molar-refractivity contribution in [3.05, 3.63) is 41.6 Å². The van der Waals surface area contributed by atoms with Crippen LogP contribution >= 0.6 is 11.6 Å². The number of nitrogens with zero attached hydrogens (tertiary/aromatic N) is 3. The second-order valence-corrected chi connectivity index (χ2v) is 4.17. The molecule has 1 aromatic heterocycles. The zero-order chi connectivity index (χ0) is 13.8. The predicted octanol–water partition coefficient (Wildman–Crippen LogP) is 2.23. The maximum atomic E-state index is 11.4. The number of nitriles is 1. The molecule has 0 fully saturated rings. The lowest BCUT2D eigenvalue weighted by Gasteiger charge is -2.10. The van der Waals surface area contributed by atoms with Gasteiger partial charge in [0.2, 0.25) is 5.91 Å². The monoisotopic (exact) mass is 274 g/mol. The number of para-hydroxylation sites is 1. The number of alkyl halides is 1. The Balaban J connectivity index is 2.50. The van der Waals surface area contributed by atoms with Crippen LogP contribution in [0.25, 0.3) is 5.69 Å². The number of rotatable bonds is 3. The van der Waals surface area contributed by atoms with Crippen LogP contribution in [0.5, 0.6) is 0 Å². The van der Waals surface area contributed by atoms with Crippen LogP contribution in [0.4, 0.5) is 5.82 Å². The molecule has 0 saturated carbocycles. The van der Waals surface area contributed by atoms with Crippen LogP contribution in [0.1, 0.15) is 11.3 Å². The van der Waals surface area contributed by atoms with Crippen molar-refractivity contribution in [3.63, 3.8) is 0 Å². The van der Waals surface area contributed by atoms with Gasteiger partial charge in [-0.3, -0.25) is 4.79 Å². The van der Waals surface area contributed by atoms with E-state index in [1.54, 1.807) is 0 Å². The molecule has 96 valence electrons. The summed E-state index contributed by atoms with van der Waals surface area (Å²) >= 11 is 5.47. The molecule has 6 heteroatoms. The average Bonchev–Trinajstić information content (AvgIpc) is 2.82. The molecule has 0 aliphatic rings. The van der Waals surface area contributed by atoms with E-state index in [2.05, 4.69) is 10.4 Å². The number of hydrogen-bond donors (Lipinski definition) is 1. The quantitative estimate of drug-likeness (QED) is 0.873. The molecular weight excluding hydrogens is 264 g/mol. The molecule has 0 radical (unpaired) electrons. The van der Waals surface area contributed by atoms with Crippen molar-refractivity contribution < 1.29 is 4.79 Å². The number of aryl methyl sites for hydroxylation is 1. The van der Waals surface area contributed by atoms with Crippen LogP contribution in [-0.4, -0.2) is 21.6 Å². The van der Waals surface area contributed by atoms with Gasteiger partial charge in [-0.15, -0.1) is 11.6 Å². The molecule has 0 aliphatic heterocycles. The maximum absolute atomic E-state index is 11.4. The van der Waals surface area contributed by atoms with E-state index in [9.17, 15) is 4.79 Å². The molecule has 2 rings (SSSR count). The third kappa shape index (κ3) is 2.75. The van der Waals surface area contributed by atoms with E-state index in [1.807, 2.05) is 37.3 Å². The average molecular weight is 275 g/mol. The normalized spacial score (nSPS) is 9.95. The largest absolute Gasteiger partial charge is 0.310 e. The van der Waals surface area contributed by atoms with Gasteiger partial charge in [-0.2, -0.15) is 10.4 Å². The molecule has 0 spiro atoms. The molecule has 0 unspecified atom stereocenters. The second-order valence-electron chi connectivity index (χ2n) is 3.91. The third-order valence-electron chi connectivity index (χ3n) is 2.56. The van der Waals surface area contributed by atoms with Gasteiger partial charge in [0.1, 0.15) is 17.8 Å². The number of hydrogen-bond acceptors (Lipinski definition) is 3. The van der Waals surface area contributed by atoms with Crippen molar-refractivity contribution >= 4 is 23.3 Å². The number of anilines is 1. The Bertz CT molecular complexity index is 657. The molecule has 19 heavy (non-hydrogen) atoms. The standard InChI is InChI=1S/C13H11ClN4O/c1-9-4-2-3-5-11(9)18-12(16-13(19)7-14)6-10(8-15)17-18/h2-6H,7H2,1H3,(H,16,19). The van der Waals surface area contributed by atoms with Gasteiger partial charge in [0, 0.05) is 6.07 Å². The van der Waals surface area contributed by atoms with Crippen molar-refractivity contribution in [2.24, 2.45) is 0 Å². The summed E-state index contributed by atoms with van der Waals surface area (Å²) in [7, 11) is 0. The van der Waals surface area contributed by atoms with Crippen molar-refractivity contribution in [1.29, 1.82) is 5.26 Å². The minimum absolute atomic E-state index is 0.152. The lowest BCUT2D eigenvalue weighted by Crippen LogP contribution is -2.16. The molecule has 0 saturated heterocycles.